The van der Waals surface area contributed by atoms with Crippen LogP contribution < -0.4 is 5.32 Å². The van der Waals surface area contributed by atoms with Crippen LogP contribution in [0.1, 0.15) is 27.6 Å². The molecule has 1 amide bonds. The van der Waals surface area contributed by atoms with E-state index in [9.17, 15) is 9.18 Å². The Balaban J connectivity index is 1.36. The summed E-state index contributed by atoms with van der Waals surface area (Å²) in [5.41, 5.74) is 2.76. The molecule has 4 aromatic rings. The van der Waals surface area contributed by atoms with Gasteiger partial charge < -0.3 is 19.9 Å². The van der Waals surface area contributed by atoms with Gasteiger partial charge in [-0.1, -0.05) is 54.6 Å². The number of halogens is 1. The van der Waals surface area contributed by atoms with Gasteiger partial charge in [0.15, 0.2) is 0 Å². The second-order valence-electron chi connectivity index (χ2n) is 9.79. The van der Waals surface area contributed by atoms with Crippen molar-refractivity contribution in [2.24, 2.45) is 0 Å². The van der Waals surface area contributed by atoms with Crippen molar-refractivity contribution in [2.75, 3.05) is 39.1 Å². The summed E-state index contributed by atoms with van der Waals surface area (Å²) in [7, 11) is 3.95. The Bertz CT molecular complexity index is 1460. The summed E-state index contributed by atoms with van der Waals surface area (Å²) in [4.78, 5) is 27.8. The molecule has 9 heteroatoms. The van der Waals surface area contributed by atoms with Gasteiger partial charge in [-0.15, -0.1) is 11.3 Å². The highest BCUT2D eigenvalue weighted by atomic mass is 32.1. The third-order valence-corrected chi connectivity index (χ3v) is 7.82. The zero-order valence-corrected chi connectivity index (χ0v) is 23.0. The van der Waals surface area contributed by atoms with Crippen LogP contribution in [0.2, 0.25) is 0 Å². The number of ether oxygens (including phenoxy) is 1. The Kier molecular flexibility index (Phi) is 8.61. The predicted octanol–water partition coefficient (Wildman–Crippen LogP) is 5.20. The molecule has 2 aromatic carbocycles. The van der Waals surface area contributed by atoms with Crippen molar-refractivity contribution in [3.8, 4) is 0 Å². The average Bonchev–Trinajstić information content (AvgIpc) is 3.32. The summed E-state index contributed by atoms with van der Waals surface area (Å²) in [6.07, 6.45) is 5.87. The number of benzene rings is 2. The number of aromatic nitrogens is 2. The van der Waals surface area contributed by atoms with Gasteiger partial charge in [0.2, 0.25) is 5.91 Å². The minimum absolute atomic E-state index is 0.0283. The van der Waals surface area contributed by atoms with Crippen LogP contribution >= 0.6 is 11.3 Å². The van der Waals surface area contributed by atoms with Gasteiger partial charge in [0.05, 0.1) is 31.2 Å². The van der Waals surface area contributed by atoms with Gasteiger partial charge >= 0.3 is 0 Å². The molecule has 1 aliphatic heterocycles. The Hall–Kier alpha value is -3.66. The van der Waals surface area contributed by atoms with Gasteiger partial charge in [-0.05, 0) is 37.7 Å². The molecule has 202 valence electrons. The van der Waals surface area contributed by atoms with Gasteiger partial charge in [0.25, 0.3) is 0 Å². The fraction of sp³-hybridized carbons (Fsp3) is 0.300. The predicted molar refractivity (Wildman–Crippen MR) is 153 cm³/mol. The molecule has 1 atom stereocenters. The number of likely N-dealkylation sites (N-methyl/N-ethyl adjacent to an activating group) is 1. The second-order valence-corrected chi connectivity index (χ2v) is 10.9. The molecule has 1 N–H and O–H groups in total. The topological polar surface area (TPSA) is 70.6 Å². The van der Waals surface area contributed by atoms with Crippen LogP contribution in [0.25, 0.3) is 10.2 Å². The Morgan fingerprint density at radius 1 is 1.18 bits per heavy atom. The van der Waals surface area contributed by atoms with Crippen LogP contribution in [0.3, 0.4) is 0 Å². The van der Waals surface area contributed by atoms with Gasteiger partial charge in [-0.3, -0.25) is 4.79 Å². The summed E-state index contributed by atoms with van der Waals surface area (Å²) in [6, 6.07) is 16.5. The largest absolute Gasteiger partial charge is 0.374 e. The first-order valence-corrected chi connectivity index (χ1v) is 13.8. The molecule has 0 bridgehead atoms. The maximum absolute atomic E-state index is 14.1. The number of nitrogens with one attached hydrogen (secondary N) is 1. The normalized spacial score (nSPS) is 14.2. The minimum Gasteiger partial charge on any atom is -0.374 e. The summed E-state index contributed by atoms with van der Waals surface area (Å²) in [5.74, 6) is 0.497. The highest BCUT2D eigenvalue weighted by Gasteiger charge is 2.26. The maximum Gasteiger partial charge on any atom is 0.246 e. The van der Waals surface area contributed by atoms with Crippen molar-refractivity contribution in [1.29, 1.82) is 0 Å². The van der Waals surface area contributed by atoms with E-state index in [2.05, 4.69) is 15.3 Å². The SMILES string of the molecule is CN(C)CC=CC(=O)N1CCc2c(sc3ncnc(N[C@H](COCc4ccccc4F)c4ccccc4)c23)C1. The first kappa shape index (κ1) is 26.9. The summed E-state index contributed by atoms with van der Waals surface area (Å²) in [6.45, 7) is 2.45. The van der Waals surface area contributed by atoms with Crippen LogP contribution in [-0.2, 0) is 29.1 Å². The number of carbonyl (C=O) groups is 1. The lowest BCUT2D eigenvalue weighted by molar-refractivity contribution is -0.126. The number of thiophene rings is 1. The Morgan fingerprint density at radius 3 is 2.77 bits per heavy atom. The van der Waals surface area contributed by atoms with E-state index >= 15 is 0 Å². The van der Waals surface area contributed by atoms with Crippen molar-refractivity contribution in [3.63, 3.8) is 0 Å². The van der Waals surface area contributed by atoms with Crippen molar-refractivity contribution >= 4 is 33.3 Å². The van der Waals surface area contributed by atoms with Gasteiger partial charge in [0.1, 0.15) is 22.8 Å². The quantitative estimate of drug-likeness (QED) is 0.276. The molecule has 1 aliphatic rings. The number of anilines is 1. The van der Waals surface area contributed by atoms with Crippen molar-refractivity contribution < 1.29 is 13.9 Å². The monoisotopic (exact) mass is 545 g/mol. The Labute approximate surface area is 232 Å². The number of nitrogens with zero attached hydrogens (tertiary/aromatic N) is 4. The molecule has 0 saturated carbocycles. The van der Waals surface area contributed by atoms with Crippen LogP contribution in [0.15, 0.2) is 73.1 Å². The molecule has 0 radical (unpaired) electrons. The van der Waals surface area contributed by atoms with Crippen molar-refractivity contribution in [3.05, 3.63) is 100 Å². The summed E-state index contributed by atoms with van der Waals surface area (Å²) in [5, 5.41) is 4.59. The van der Waals surface area contributed by atoms with E-state index in [0.29, 0.717) is 25.3 Å². The molecule has 7 nitrogen and oxygen atoms in total. The summed E-state index contributed by atoms with van der Waals surface area (Å²) >= 11 is 1.61. The standard InChI is InChI=1S/C30H32FN5O2S/c1-35(2)15-8-13-27(37)36-16-14-23-26(17-36)39-30-28(23)29(32-20-33-30)34-25(21-9-4-3-5-10-21)19-38-18-22-11-6-7-12-24(22)31/h3-13,20,25H,14-19H2,1-2H3,(H,32,33,34)/t25-/m1/s1. The van der Waals surface area contributed by atoms with Crippen molar-refractivity contribution in [2.45, 2.75) is 25.6 Å². The number of hydrogen-bond donors (Lipinski definition) is 1. The van der Waals surface area contributed by atoms with E-state index in [1.54, 1.807) is 41.9 Å². The molecular weight excluding hydrogens is 513 g/mol. The fourth-order valence-corrected chi connectivity index (χ4v) is 5.87. The van der Waals surface area contributed by atoms with Gasteiger partial charge in [-0.25, -0.2) is 14.4 Å². The number of fused-ring (bicyclic) bond motifs is 3. The number of carbonyl (C=O) groups excluding carboxylic acids is 1. The molecule has 39 heavy (non-hydrogen) atoms. The van der Waals surface area contributed by atoms with Crippen LogP contribution in [0.4, 0.5) is 10.2 Å². The third kappa shape index (κ3) is 6.50. The molecule has 0 spiro atoms. The molecule has 5 rings (SSSR count). The zero-order valence-electron chi connectivity index (χ0n) is 22.1. The number of rotatable bonds is 10. The minimum atomic E-state index is -0.273. The lowest BCUT2D eigenvalue weighted by Gasteiger charge is -2.26. The van der Waals surface area contributed by atoms with Gasteiger partial charge in [0, 0.05) is 29.6 Å². The van der Waals surface area contributed by atoms with E-state index in [0.717, 1.165) is 39.4 Å². The summed E-state index contributed by atoms with van der Waals surface area (Å²) < 4.78 is 20.1. The number of hydrogen-bond acceptors (Lipinski definition) is 7. The molecule has 0 unspecified atom stereocenters. The fourth-order valence-electron chi connectivity index (χ4n) is 4.67. The lowest BCUT2D eigenvalue weighted by atomic mass is 10.0. The molecule has 0 fully saturated rings. The van der Waals surface area contributed by atoms with E-state index < -0.39 is 0 Å². The number of amides is 1. The van der Waals surface area contributed by atoms with Crippen molar-refractivity contribution in [1.82, 2.24) is 19.8 Å². The molecule has 0 aliphatic carbocycles. The Morgan fingerprint density at radius 2 is 1.97 bits per heavy atom. The maximum atomic E-state index is 14.1. The highest BCUT2D eigenvalue weighted by molar-refractivity contribution is 7.19. The molecule has 3 heterocycles. The molecule has 2 aromatic heterocycles. The van der Waals surface area contributed by atoms with E-state index in [4.69, 9.17) is 4.74 Å². The smallest absolute Gasteiger partial charge is 0.246 e. The van der Waals surface area contributed by atoms with Crippen LogP contribution in [-0.4, -0.2) is 59.5 Å². The molecular formula is C30H32FN5O2S. The zero-order chi connectivity index (χ0) is 27.2. The average molecular weight is 546 g/mol. The second kappa shape index (κ2) is 12.5. The third-order valence-electron chi connectivity index (χ3n) is 6.69. The van der Waals surface area contributed by atoms with Crippen LogP contribution in [0.5, 0.6) is 0 Å². The van der Waals surface area contributed by atoms with Crippen LogP contribution in [0, 0.1) is 5.82 Å². The van der Waals surface area contributed by atoms with E-state index in [-0.39, 0.29) is 24.4 Å². The van der Waals surface area contributed by atoms with E-state index in [1.165, 1.54) is 11.6 Å². The van der Waals surface area contributed by atoms with Gasteiger partial charge in [-0.2, -0.15) is 0 Å². The molecule has 0 saturated heterocycles. The lowest BCUT2D eigenvalue weighted by Crippen LogP contribution is -2.34. The highest BCUT2D eigenvalue weighted by Crippen LogP contribution is 2.38. The van der Waals surface area contributed by atoms with E-state index in [1.807, 2.05) is 60.3 Å². The first-order valence-electron chi connectivity index (χ1n) is 13.0. The first-order chi connectivity index (χ1) is 19.0.